The zero-order chi connectivity index (χ0) is 16.1. The number of carbonyl (C=O) groups excluding carboxylic acids is 1. The number of nitrogens with one attached hydrogen (secondary N) is 1. The number of aromatic nitrogens is 2. The van der Waals surface area contributed by atoms with Crippen molar-refractivity contribution in [3.05, 3.63) is 46.6 Å². The average Bonchev–Trinajstić information content (AvgIpc) is 2.94. The highest BCUT2D eigenvalue weighted by Crippen LogP contribution is 2.15. The van der Waals surface area contributed by atoms with Crippen LogP contribution >= 0.6 is 0 Å². The lowest BCUT2D eigenvalue weighted by Crippen LogP contribution is -2.24. The molecule has 0 aromatic carbocycles. The van der Waals surface area contributed by atoms with Gasteiger partial charge in [-0.15, -0.1) is 0 Å². The number of hydrogen-bond acceptors (Lipinski definition) is 5. The van der Waals surface area contributed by atoms with Crippen molar-refractivity contribution < 1.29 is 19.2 Å². The summed E-state index contributed by atoms with van der Waals surface area (Å²) in [6, 6.07) is 2.73. The van der Waals surface area contributed by atoms with Crippen LogP contribution in [0, 0.1) is 0 Å². The first kappa shape index (κ1) is 15.7. The van der Waals surface area contributed by atoms with Crippen molar-refractivity contribution in [2.75, 3.05) is 0 Å². The highest BCUT2D eigenvalue weighted by Gasteiger charge is 2.15. The van der Waals surface area contributed by atoms with Gasteiger partial charge in [-0.2, -0.15) is 0 Å². The Kier molecular flexibility index (Phi) is 4.88. The van der Waals surface area contributed by atoms with E-state index < -0.39 is 5.97 Å². The van der Waals surface area contributed by atoms with Crippen molar-refractivity contribution in [1.29, 1.82) is 0 Å². The molecule has 22 heavy (non-hydrogen) atoms. The highest BCUT2D eigenvalue weighted by molar-refractivity contribution is 5.94. The molecule has 0 aliphatic heterocycles. The summed E-state index contributed by atoms with van der Waals surface area (Å²) >= 11 is 0. The van der Waals surface area contributed by atoms with E-state index in [4.69, 9.17) is 9.63 Å². The van der Waals surface area contributed by atoms with Crippen molar-refractivity contribution in [3.63, 3.8) is 0 Å². The Morgan fingerprint density at radius 2 is 2.05 bits per heavy atom. The molecule has 0 aliphatic rings. The number of aromatic carboxylic acids is 1. The fourth-order valence-electron chi connectivity index (χ4n) is 2.06. The number of nitrogens with zero attached hydrogens (tertiary/aromatic N) is 2. The van der Waals surface area contributed by atoms with Crippen LogP contribution in [0.15, 0.2) is 22.9 Å². The first-order valence-corrected chi connectivity index (χ1v) is 7.00. The Bertz CT molecular complexity index is 655. The standard InChI is InChI=1S/C15H17N3O4/c1-3-11-10(13(4-2)22-18-11)8-17-14(19)9-5-6-12(15(20)21)16-7-9/h5-7H,3-4,8H2,1-2H3,(H,17,19)(H,20,21). The van der Waals surface area contributed by atoms with Gasteiger partial charge in [0, 0.05) is 24.7 Å². The number of rotatable bonds is 6. The summed E-state index contributed by atoms with van der Waals surface area (Å²) in [7, 11) is 0. The minimum absolute atomic E-state index is 0.0999. The number of aryl methyl sites for hydroxylation is 2. The second-order valence-electron chi connectivity index (χ2n) is 4.66. The van der Waals surface area contributed by atoms with Crippen LogP contribution in [-0.2, 0) is 19.4 Å². The third-order valence-corrected chi connectivity index (χ3v) is 3.28. The molecule has 2 N–H and O–H groups in total. The topological polar surface area (TPSA) is 105 Å². The lowest BCUT2D eigenvalue weighted by molar-refractivity contribution is 0.0689. The highest BCUT2D eigenvalue weighted by atomic mass is 16.5. The van der Waals surface area contributed by atoms with E-state index >= 15 is 0 Å². The molecule has 2 aromatic heterocycles. The molecule has 2 aromatic rings. The number of carboxylic acids is 1. The SMILES string of the molecule is CCc1noc(CC)c1CNC(=O)c1ccc(C(=O)O)nc1. The lowest BCUT2D eigenvalue weighted by Gasteiger charge is -2.06. The third kappa shape index (κ3) is 3.30. The summed E-state index contributed by atoms with van der Waals surface area (Å²) in [5, 5.41) is 15.5. The van der Waals surface area contributed by atoms with E-state index in [-0.39, 0.29) is 11.6 Å². The van der Waals surface area contributed by atoms with E-state index in [0.29, 0.717) is 18.5 Å². The maximum Gasteiger partial charge on any atom is 0.354 e. The Morgan fingerprint density at radius 1 is 1.27 bits per heavy atom. The molecule has 7 heteroatoms. The van der Waals surface area contributed by atoms with Crippen LogP contribution in [0.4, 0.5) is 0 Å². The van der Waals surface area contributed by atoms with Crippen molar-refractivity contribution in [2.24, 2.45) is 0 Å². The van der Waals surface area contributed by atoms with Gasteiger partial charge in [0.05, 0.1) is 11.3 Å². The van der Waals surface area contributed by atoms with E-state index in [1.54, 1.807) is 0 Å². The molecule has 0 atom stereocenters. The van der Waals surface area contributed by atoms with Gasteiger partial charge < -0.3 is 14.9 Å². The van der Waals surface area contributed by atoms with Crippen molar-refractivity contribution in [2.45, 2.75) is 33.2 Å². The van der Waals surface area contributed by atoms with Crippen LogP contribution < -0.4 is 5.32 Å². The molecule has 0 unspecified atom stereocenters. The molecule has 0 bridgehead atoms. The molecule has 0 fully saturated rings. The average molecular weight is 303 g/mol. The summed E-state index contributed by atoms with van der Waals surface area (Å²) in [5.41, 5.74) is 1.93. The number of carboxylic acid groups (broad SMARTS) is 1. The van der Waals surface area contributed by atoms with Gasteiger partial charge in [0.25, 0.3) is 5.91 Å². The van der Waals surface area contributed by atoms with Gasteiger partial charge in [-0.1, -0.05) is 19.0 Å². The number of amides is 1. The molecule has 7 nitrogen and oxygen atoms in total. The second-order valence-corrected chi connectivity index (χ2v) is 4.66. The molecule has 0 saturated heterocycles. The number of carbonyl (C=O) groups is 2. The summed E-state index contributed by atoms with van der Waals surface area (Å²) in [6.07, 6.45) is 2.67. The molecule has 0 saturated carbocycles. The van der Waals surface area contributed by atoms with Gasteiger partial charge in [0.15, 0.2) is 0 Å². The molecule has 0 aliphatic carbocycles. The zero-order valence-corrected chi connectivity index (χ0v) is 12.4. The first-order valence-electron chi connectivity index (χ1n) is 7.00. The summed E-state index contributed by atoms with van der Waals surface area (Å²) < 4.78 is 5.24. The number of hydrogen-bond donors (Lipinski definition) is 2. The summed E-state index contributed by atoms with van der Waals surface area (Å²) in [5.74, 6) is -0.692. The van der Waals surface area contributed by atoms with Crippen molar-refractivity contribution in [3.8, 4) is 0 Å². The van der Waals surface area contributed by atoms with Crippen molar-refractivity contribution >= 4 is 11.9 Å². The van der Waals surface area contributed by atoms with Gasteiger partial charge in [-0.05, 0) is 18.6 Å². The van der Waals surface area contributed by atoms with E-state index in [9.17, 15) is 9.59 Å². The second kappa shape index (κ2) is 6.84. The minimum atomic E-state index is -1.13. The molecule has 0 spiro atoms. The predicted octanol–water partition coefficient (Wildman–Crippen LogP) is 1.82. The first-order chi connectivity index (χ1) is 10.6. The Morgan fingerprint density at radius 3 is 2.59 bits per heavy atom. The fourth-order valence-corrected chi connectivity index (χ4v) is 2.06. The molecular weight excluding hydrogens is 286 g/mol. The summed E-state index contributed by atoms with van der Waals surface area (Å²) in [6.45, 7) is 4.24. The molecule has 116 valence electrons. The molecular formula is C15H17N3O4. The Balaban J connectivity index is 2.06. The van der Waals surface area contributed by atoms with Gasteiger partial charge in [0.1, 0.15) is 11.5 Å². The van der Waals surface area contributed by atoms with Gasteiger partial charge in [-0.3, -0.25) is 4.79 Å². The molecule has 0 radical (unpaired) electrons. The predicted molar refractivity (Wildman–Crippen MR) is 77.6 cm³/mol. The Hall–Kier alpha value is -2.70. The largest absolute Gasteiger partial charge is 0.477 e. The fraction of sp³-hybridized carbons (Fsp3) is 0.333. The van der Waals surface area contributed by atoms with E-state index in [1.807, 2.05) is 13.8 Å². The van der Waals surface area contributed by atoms with Crippen LogP contribution in [0.1, 0.15) is 51.7 Å². The lowest BCUT2D eigenvalue weighted by atomic mass is 10.1. The maximum absolute atomic E-state index is 12.1. The third-order valence-electron chi connectivity index (χ3n) is 3.28. The minimum Gasteiger partial charge on any atom is -0.477 e. The smallest absolute Gasteiger partial charge is 0.354 e. The van der Waals surface area contributed by atoms with E-state index in [1.165, 1.54) is 18.3 Å². The quantitative estimate of drug-likeness (QED) is 0.843. The van der Waals surface area contributed by atoms with Gasteiger partial charge in [-0.25, -0.2) is 9.78 Å². The molecule has 2 rings (SSSR count). The van der Waals surface area contributed by atoms with Crippen LogP contribution in [0.25, 0.3) is 0 Å². The van der Waals surface area contributed by atoms with Crippen LogP contribution in [0.3, 0.4) is 0 Å². The molecule has 1 amide bonds. The van der Waals surface area contributed by atoms with Crippen LogP contribution in [-0.4, -0.2) is 27.1 Å². The monoisotopic (exact) mass is 303 g/mol. The van der Waals surface area contributed by atoms with Gasteiger partial charge in [0.2, 0.25) is 0 Å². The summed E-state index contributed by atoms with van der Waals surface area (Å²) in [4.78, 5) is 26.5. The van der Waals surface area contributed by atoms with Crippen molar-refractivity contribution in [1.82, 2.24) is 15.5 Å². The number of pyridine rings is 1. The van der Waals surface area contributed by atoms with E-state index in [0.717, 1.165) is 23.4 Å². The normalized spacial score (nSPS) is 10.5. The van der Waals surface area contributed by atoms with E-state index in [2.05, 4.69) is 15.5 Å². The van der Waals surface area contributed by atoms with Gasteiger partial charge >= 0.3 is 5.97 Å². The van der Waals surface area contributed by atoms with Crippen LogP contribution in [0.2, 0.25) is 0 Å². The van der Waals surface area contributed by atoms with Crippen LogP contribution in [0.5, 0.6) is 0 Å². The Labute approximate surface area is 127 Å². The maximum atomic E-state index is 12.1. The zero-order valence-electron chi connectivity index (χ0n) is 12.4. The molecule has 2 heterocycles.